The number of hydrogen-bond donors (Lipinski definition) is 0. The molecule has 4 nitrogen and oxygen atoms in total. The lowest BCUT2D eigenvalue weighted by atomic mass is 9.86. The Kier molecular flexibility index (Phi) is 4.56. The van der Waals surface area contributed by atoms with Crippen LogP contribution < -0.4 is 0 Å². The van der Waals surface area contributed by atoms with Gasteiger partial charge in [-0.1, -0.05) is 44.5 Å². The van der Waals surface area contributed by atoms with Gasteiger partial charge < -0.3 is 9.15 Å². The molecule has 0 unspecified atom stereocenters. The van der Waals surface area contributed by atoms with Crippen LogP contribution in [0.2, 0.25) is 5.02 Å². The first kappa shape index (κ1) is 17.5. The minimum Gasteiger partial charge on any atom is -0.460 e. The second kappa shape index (κ2) is 6.52. The molecule has 0 saturated carbocycles. The molecular formula is C20H20ClNO3. The lowest BCUT2D eigenvalue weighted by molar-refractivity contribution is 0.0492. The smallest absolute Gasteiger partial charge is 0.374 e. The third-order valence-electron chi connectivity index (χ3n) is 3.90. The number of halogens is 1. The van der Waals surface area contributed by atoms with E-state index in [4.69, 9.17) is 20.8 Å². The van der Waals surface area contributed by atoms with Crippen molar-refractivity contribution in [2.45, 2.75) is 33.1 Å². The van der Waals surface area contributed by atoms with Crippen molar-refractivity contribution in [1.29, 1.82) is 0 Å². The number of benzene rings is 1. The van der Waals surface area contributed by atoms with E-state index in [0.717, 1.165) is 16.8 Å². The predicted molar refractivity (Wildman–Crippen MR) is 99.1 cm³/mol. The van der Waals surface area contributed by atoms with Crippen LogP contribution in [0.5, 0.6) is 0 Å². The molecular weight excluding hydrogens is 338 g/mol. The van der Waals surface area contributed by atoms with Crippen molar-refractivity contribution in [3.05, 3.63) is 52.7 Å². The summed E-state index contributed by atoms with van der Waals surface area (Å²) >= 11 is 5.98. The number of furan rings is 1. The van der Waals surface area contributed by atoms with Gasteiger partial charge in [0.15, 0.2) is 5.58 Å². The standard InChI is InChI=1S/C20H20ClNO3/c1-5-24-19(23)17-11-16-18(25-17)14(20(2,3)4)10-15(22-16)12-6-8-13(21)9-7-12/h6-11H,5H2,1-4H3. The van der Waals surface area contributed by atoms with E-state index in [-0.39, 0.29) is 11.2 Å². The fourth-order valence-corrected chi connectivity index (χ4v) is 2.78. The van der Waals surface area contributed by atoms with E-state index in [1.54, 1.807) is 13.0 Å². The van der Waals surface area contributed by atoms with E-state index in [1.165, 1.54) is 0 Å². The zero-order valence-electron chi connectivity index (χ0n) is 14.7. The van der Waals surface area contributed by atoms with E-state index < -0.39 is 5.97 Å². The molecule has 0 fully saturated rings. The summed E-state index contributed by atoms with van der Waals surface area (Å²) in [5.41, 5.74) is 3.83. The average molecular weight is 358 g/mol. The minimum absolute atomic E-state index is 0.170. The number of rotatable bonds is 3. The van der Waals surface area contributed by atoms with Crippen LogP contribution in [0.15, 0.2) is 40.8 Å². The maximum absolute atomic E-state index is 12.0. The van der Waals surface area contributed by atoms with Crippen LogP contribution in [-0.2, 0) is 10.2 Å². The van der Waals surface area contributed by atoms with Crippen molar-refractivity contribution in [3.8, 4) is 11.3 Å². The molecule has 0 amide bonds. The number of ether oxygens (including phenoxy) is 1. The number of hydrogen-bond acceptors (Lipinski definition) is 4. The second-order valence-corrected chi connectivity index (χ2v) is 7.29. The van der Waals surface area contributed by atoms with Gasteiger partial charge in [-0.3, -0.25) is 0 Å². The van der Waals surface area contributed by atoms with Crippen LogP contribution >= 0.6 is 11.6 Å². The molecule has 3 rings (SSSR count). The number of fused-ring (bicyclic) bond motifs is 1. The van der Waals surface area contributed by atoms with Gasteiger partial charge >= 0.3 is 5.97 Å². The fraction of sp³-hybridized carbons (Fsp3) is 0.300. The Balaban J connectivity index is 2.20. The molecule has 2 aromatic heterocycles. The van der Waals surface area contributed by atoms with Crippen molar-refractivity contribution in [2.75, 3.05) is 6.61 Å². The molecule has 0 aliphatic rings. The highest BCUT2D eigenvalue weighted by atomic mass is 35.5. The topological polar surface area (TPSA) is 52.3 Å². The van der Waals surface area contributed by atoms with Gasteiger partial charge in [-0.2, -0.15) is 0 Å². The molecule has 1 aromatic carbocycles. The summed E-state index contributed by atoms with van der Waals surface area (Å²) in [7, 11) is 0. The third-order valence-corrected chi connectivity index (χ3v) is 4.16. The number of aromatic nitrogens is 1. The maximum Gasteiger partial charge on any atom is 0.374 e. The van der Waals surface area contributed by atoms with Gasteiger partial charge in [0.1, 0.15) is 5.52 Å². The molecule has 5 heteroatoms. The summed E-state index contributed by atoms with van der Waals surface area (Å²) in [4.78, 5) is 16.7. The molecule has 3 aromatic rings. The molecule has 25 heavy (non-hydrogen) atoms. The number of pyridine rings is 1. The van der Waals surface area contributed by atoms with Crippen molar-refractivity contribution < 1.29 is 13.9 Å². The summed E-state index contributed by atoms with van der Waals surface area (Å²) < 4.78 is 10.8. The summed E-state index contributed by atoms with van der Waals surface area (Å²) in [5.74, 6) is -0.309. The van der Waals surface area contributed by atoms with Gasteiger partial charge in [0, 0.05) is 22.2 Å². The maximum atomic E-state index is 12.0. The van der Waals surface area contributed by atoms with Crippen LogP contribution in [0.3, 0.4) is 0 Å². The molecule has 0 aliphatic heterocycles. The molecule has 0 saturated heterocycles. The Morgan fingerprint density at radius 2 is 1.88 bits per heavy atom. The summed E-state index contributed by atoms with van der Waals surface area (Å²) in [5, 5.41) is 0.675. The monoisotopic (exact) mass is 357 g/mol. The predicted octanol–water partition coefficient (Wildman–Crippen LogP) is 5.62. The molecule has 0 aliphatic carbocycles. The Labute approximate surface area is 151 Å². The molecule has 0 atom stereocenters. The highest BCUT2D eigenvalue weighted by Crippen LogP contribution is 2.34. The highest BCUT2D eigenvalue weighted by Gasteiger charge is 2.24. The summed E-state index contributed by atoms with van der Waals surface area (Å²) in [6.45, 7) is 8.35. The van der Waals surface area contributed by atoms with Crippen molar-refractivity contribution in [3.63, 3.8) is 0 Å². The zero-order valence-corrected chi connectivity index (χ0v) is 15.5. The first-order valence-electron chi connectivity index (χ1n) is 8.17. The molecule has 2 heterocycles. The molecule has 0 radical (unpaired) electrons. The van der Waals surface area contributed by atoms with Crippen molar-refractivity contribution >= 4 is 28.7 Å². The first-order chi connectivity index (χ1) is 11.8. The molecule has 0 N–H and O–H groups in total. The van der Waals surface area contributed by atoms with Crippen LogP contribution in [0, 0.1) is 0 Å². The molecule has 0 spiro atoms. The van der Waals surface area contributed by atoms with Gasteiger partial charge in [-0.25, -0.2) is 9.78 Å². The number of esters is 1. The second-order valence-electron chi connectivity index (χ2n) is 6.86. The number of carbonyl (C=O) groups is 1. The van der Waals surface area contributed by atoms with Crippen molar-refractivity contribution in [2.24, 2.45) is 0 Å². The quantitative estimate of drug-likeness (QED) is 0.570. The van der Waals surface area contributed by atoms with Gasteiger partial charge in [-0.15, -0.1) is 0 Å². The summed E-state index contributed by atoms with van der Waals surface area (Å²) in [6, 6.07) is 11.2. The average Bonchev–Trinajstić information content (AvgIpc) is 2.98. The number of carbonyl (C=O) groups excluding carboxylic acids is 1. The van der Waals surface area contributed by atoms with Gasteiger partial charge in [0.05, 0.1) is 12.3 Å². The normalized spacial score (nSPS) is 11.7. The molecule has 130 valence electrons. The van der Waals surface area contributed by atoms with E-state index in [0.29, 0.717) is 22.7 Å². The van der Waals surface area contributed by atoms with E-state index >= 15 is 0 Å². The fourth-order valence-electron chi connectivity index (χ4n) is 2.65. The Bertz CT molecular complexity index is 921. The SMILES string of the molecule is CCOC(=O)c1cc2nc(-c3ccc(Cl)cc3)cc(C(C)(C)C)c2o1. The lowest BCUT2D eigenvalue weighted by Crippen LogP contribution is -2.12. The van der Waals surface area contributed by atoms with Crippen LogP contribution in [0.1, 0.15) is 43.8 Å². The zero-order chi connectivity index (χ0) is 18.2. The van der Waals surface area contributed by atoms with Crippen LogP contribution in [0.25, 0.3) is 22.4 Å². The Hall–Kier alpha value is -2.33. The summed E-state index contributed by atoms with van der Waals surface area (Å²) in [6.07, 6.45) is 0. The van der Waals surface area contributed by atoms with E-state index in [1.807, 2.05) is 30.3 Å². The Morgan fingerprint density at radius 3 is 2.48 bits per heavy atom. The largest absolute Gasteiger partial charge is 0.460 e. The number of nitrogens with zero attached hydrogens (tertiary/aromatic N) is 1. The minimum atomic E-state index is -0.478. The van der Waals surface area contributed by atoms with Crippen LogP contribution in [0.4, 0.5) is 0 Å². The van der Waals surface area contributed by atoms with Gasteiger partial charge in [0.25, 0.3) is 0 Å². The van der Waals surface area contributed by atoms with Gasteiger partial charge in [-0.05, 0) is 30.5 Å². The van der Waals surface area contributed by atoms with Crippen LogP contribution in [-0.4, -0.2) is 17.6 Å². The van der Waals surface area contributed by atoms with Gasteiger partial charge in [0.2, 0.25) is 5.76 Å². The highest BCUT2D eigenvalue weighted by molar-refractivity contribution is 6.30. The van der Waals surface area contributed by atoms with Crippen molar-refractivity contribution in [1.82, 2.24) is 4.98 Å². The molecule has 0 bridgehead atoms. The third kappa shape index (κ3) is 3.54. The Morgan fingerprint density at radius 1 is 1.20 bits per heavy atom. The lowest BCUT2D eigenvalue weighted by Gasteiger charge is -2.20. The van der Waals surface area contributed by atoms with E-state index in [9.17, 15) is 4.79 Å². The first-order valence-corrected chi connectivity index (χ1v) is 8.55. The van der Waals surface area contributed by atoms with E-state index in [2.05, 4.69) is 25.8 Å².